The second kappa shape index (κ2) is 5.55. The zero-order valence-electron chi connectivity index (χ0n) is 13.9. The minimum absolute atomic E-state index is 0.00410. The molecule has 0 unspecified atom stereocenters. The lowest BCUT2D eigenvalue weighted by atomic mass is 9.87. The van der Waals surface area contributed by atoms with Gasteiger partial charge in [0.25, 0.3) is 5.56 Å². The van der Waals surface area contributed by atoms with Gasteiger partial charge in [-0.25, -0.2) is 0 Å². The van der Waals surface area contributed by atoms with Gasteiger partial charge in [0.1, 0.15) is 0 Å². The number of hydrogen-bond donors (Lipinski definition) is 1. The van der Waals surface area contributed by atoms with Crippen LogP contribution in [-0.4, -0.2) is 9.78 Å². The quantitative estimate of drug-likeness (QED) is 0.906. The maximum atomic E-state index is 12.5. The summed E-state index contributed by atoms with van der Waals surface area (Å²) >= 11 is 0. The number of aromatic nitrogens is 2. The molecule has 0 spiro atoms. The molecule has 1 aromatic heterocycles. The Morgan fingerprint density at radius 1 is 1.14 bits per heavy atom. The Kier molecular flexibility index (Phi) is 4.13. The van der Waals surface area contributed by atoms with Crippen LogP contribution in [-0.2, 0) is 12.0 Å². The van der Waals surface area contributed by atoms with Crippen LogP contribution in [0, 0.1) is 12.8 Å². The van der Waals surface area contributed by atoms with Crippen molar-refractivity contribution in [2.24, 2.45) is 5.92 Å². The molecule has 1 heterocycles. The fraction of sp³-hybridized carbons (Fsp3) is 0.500. The minimum Gasteiger partial charge on any atom is -0.288 e. The molecule has 0 aliphatic carbocycles. The molecule has 2 rings (SSSR count). The van der Waals surface area contributed by atoms with Crippen molar-refractivity contribution < 1.29 is 0 Å². The number of aryl methyl sites for hydroxylation is 1. The topological polar surface area (TPSA) is 37.8 Å². The second-order valence-corrected chi connectivity index (χ2v) is 7.29. The van der Waals surface area contributed by atoms with Crippen molar-refractivity contribution >= 4 is 0 Å². The SMILES string of the molecule is Cc1ccc(-c2c(C(C)(C)C)n(CC(C)C)[nH]c2=O)cc1. The van der Waals surface area contributed by atoms with Gasteiger partial charge in [0.05, 0.1) is 11.3 Å². The van der Waals surface area contributed by atoms with Crippen LogP contribution in [0.2, 0.25) is 0 Å². The summed E-state index contributed by atoms with van der Waals surface area (Å²) in [6.45, 7) is 13.7. The molecule has 0 aliphatic heterocycles. The Bertz CT molecular complexity index is 667. The highest BCUT2D eigenvalue weighted by molar-refractivity contribution is 5.66. The Morgan fingerprint density at radius 3 is 2.19 bits per heavy atom. The van der Waals surface area contributed by atoms with E-state index in [1.54, 1.807) is 0 Å². The number of aromatic amines is 1. The Balaban J connectivity index is 2.67. The normalized spacial score (nSPS) is 12.1. The molecule has 21 heavy (non-hydrogen) atoms. The van der Waals surface area contributed by atoms with Crippen molar-refractivity contribution in [3.05, 3.63) is 45.9 Å². The zero-order valence-corrected chi connectivity index (χ0v) is 13.9. The summed E-state index contributed by atoms with van der Waals surface area (Å²) in [5, 5.41) is 3.03. The van der Waals surface area contributed by atoms with E-state index in [-0.39, 0.29) is 11.0 Å². The van der Waals surface area contributed by atoms with Crippen LogP contribution in [0.1, 0.15) is 45.9 Å². The molecule has 0 saturated carbocycles. The van der Waals surface area contributed by atoms with Crippen molar-refractivity contribution in [1.82, 2.24) is 9.78 Å². The van der Waals surface area contributed by atoms with E-state index in [0.29, 0.717) is 5.92 Å². The molecular formula is C18H26N2O. The van der Waals surface area contributed by atoms with Crippen LogP contribution in [0.15, 0.2) is 29.1 Å². The van der Waals surface area contributed by atoms with Gasteiger partial charge in [0.15, 0.2) is 0 Å². The number of hydrogen-bond acceptors (Lipinski definition) is 1. The molecule has 3 heteroatoms. The van der Waals surface area contributed by atoms with E-state index in [2.05, 4.69) is 58.8 Å². The molecule has 0 aliphatic rings. The highest BCUT2D eigenvalue weighted by Crippen LogP contribution is 2.31. The van der Waals surface area contributed by atoms with Crippen LogP contribution >= 0.6 is 0 Å². The Hall–Kier alpha value is -1.77. The zero-order chi connectivity index (χ0) is 15.8. The fourth-order valence-corrected chi connectivity index (χ4v) is 2.75. The van der Waals surface area contributed by atoms with Gasteiger partial charge < -0.3 is 0 Å². The van der Waals surface area contributed by atoms with Gasteiger partial charge in [0.2, 0.25) is 0 Å². The third kappa shape index (κ3) is 3.29. The summed E-state index contributed by atoms with van der Waals surface area (Å²) in [6, 6.07) is 8.19. The van der Waals surface area contributed by atoms with Gasteiger partial charge in [0, 0.05) is 12.0 Å². The van der Waals surface area contributed by atoms with Gasteiger partial charge in [-0.15, -0.1) is 0 Å². The highest BCUT2D eigenvalue weighted by Gasteiger charge is 2.27. The Morgan fingerprint density at radius 2 is 1.71 bits per heavy atom. The summed E-state index contributed by atoms with van der Waals surface area (Å²) in [7, 11) is 0. The molecule has 114 valence electrons. The minimum atomic E-state index is -0.0890. The van der Waals surface area contributed by atoms with Gasteiger partial charge in [-0.3, -0.25) is 14.6 Å². The average molecular weight is 286 g/mol. The number of nitrogens with zero attached hydrogens (tertiary/aromatic N) is 1. The van der Waals surface area contributed by atoms with E-state index >= 15 is 0 Å². The molecule has 2 aromatic rings. The van der Waals surface area contributed by atoms with Crippen molar-refractivity contribution in [1.29, 1.82) is 0 Å². The Labute approximate surface area is 127 Å². The summed E-state index contributed by atoms with van der Waals surface area (Å²) < 4.78 is 2.03. The summed E-state index contributed by atoms with van der Waals surface area (Å²) in [5.41, 5.74) is 4.01. The summed E-state index contributed by atoms with van der Waals surface area (Å²) in [6.07, 6.45) is 0. The van der Waals surface area contributed by atoms with E-state index in [4.69, 9.17) is 0 Å². The van der Waals surface area contributed by atoms with Crippen molar-refractivity contribution in [2.75, 3.05) is 0 Å². The maximum absolute atomic E-state index is 12.5. The van der Waals surface area contributed by atoms with Crippen LogP contribution in [0.5, 0.6) is 0 Å². The van der Waals surface area contributed by atoms with Gasteiger partial charge >= 0.3 is 0 Å². The first-order chi connectivity index (χ1) is 9.70. The van der Waals surface area contributed by atoms with Gasteiger partial charge in [-0.1, -0.05) is 64.4 Å². The first-order valence-electron chi connectivity index (χ1n) is 7.60. The van der Waals surface area contributed by atoms with E-state index in [0.717, 1.165) is 23.4 Å². The van der Waals surface area contributed by atoms with Crippen LogP contribution in [0.25, 0.3) is 11.1 Å². The molecule has 3 nitrogen and oxygen atoms in total. The lowest BCUT2D eigenvalue weighted by Crippen LogP contribution is -2.21. The van der Waals surface area contributed by atoms with Crippen molar-refractivity contribution in [3.63, 3.8) is 0 Å². The van der Waals surface area contributed by atoms with Crippen molar-refractivity contribution in [3.8, 4) is 11.1 Å². The predicted molar refractivity (Wildman–Crippen MR) is 88.8 cm³/mol. The molecule has 1 aromatic carbocycles. The van der Waals surface area contributed by atoms with E-state index in [9.17, 15) is 4.79 Å². The monoisotopic (exact) mass is 286 g/mol. The lowest BCUT2D eigenvalue weighted by molar-refractivity contribution is 0.428. The third-order valence-corrected chi connectivity index (χ3v) is 3.57. The smallest absolute Gasteiger partial charge is 0.272 e. The molecule has 1 N–H and O–H groups in total. The second-order valence-electron chi connectivity index (χ2n) is 7.29. The summed E-state index contributed by atoms with van der Waals surface area (Å²) in [4.78, 5) is 12.5. The molecule has 0 bridgehead atoms. The summed E-state index contributed by atoms with van der Waals surface area (Å²) in [5.74, 6) is 0.486. The molecule has 0 radical (unpaired) electrons. The standard InChI is InChI=1S/C18H26N2O/c1-12(2)11-20-16(18(4,5)6)15(17(21)19-20)14-9-7-13(3)8-10-14/h7-10,12H,11H2,1-6H3,(H,19,21). The predicted octanol–water partition coefficient (Wildman–Crippen LogP) is 4.11. The van der Waals surface area contributed by atoms with Crippen LogP contribution < -0.4 is 5.56 Å². The highest BCUT2D eigenvalue weighted by atomic mass is 16.1. The first-order valence-corrected chi connectivity index (χ1v) is 7.60. The number of benzene rings is 1. The maximum Gasteiger partial charge on any atom is 0.272 e. The average Bonchev–Trinajstić information content (AvgIpc) is 2.65. The number of rotatable bonds is 3. The number of H-pyrrole nitrogens is 1. The van der Waals surface area contributed by atoms with Crippen molar-refractivity contribution in [2.45, 2.75) is 53.5 Å². The largest absolute Gasteiger partial charge is 0.288 e. The molecule has 0 atom stereocenters. The molecule has 0 saturated heterocycles. The van der Waals surface area contributed by atoms with E-state index < -0.39 is 0 Å². The molecule has 0 amide bonds. The first kappa shape index (κ1) is 15.6. The molecular weight excluding hydrogens is 260 g/mol. The van der Waals surface area contributed by atoms with Gasteiger partial charge in [-0.2, -0.15) is 0 Å². The lowest BCUT2D eigenvalue weighted by Gasteiger charge is -2.23. The third-order valence-electron chi connectivity index (χ3n) is 3.57. The fourth-order valence-electron chi connectivity index (χ4n) is 2.75. The van der Waals surface area contributed by atoms with Crippen LogP contribution in [0.4, 0.5) is 0 Å². The number of nitrogens with one attached hydrogen (secondary N) is 1. The van der Waals surface area contributed by atoms with E-state index in [1.165, 1.54) is 5.56 Å². The van der Waals surface area contributed by atoms with E-state index in [1.807, 2.05) is 16.8 Å². The van der Waals surface area contributed by atoms with Crippen LogP contribution in [0.3, 0.4) is 0 Å². The molecule has 0 fully saturated rings. The van der Waals surface area contributed by atoms with Gasteiger partial charge in [-0.05, 0) is 18.4 Å².